The number of ether oxygens (including phenoxy) is 2. The van der Waals surface area contributed by atoms with Gasteiger partial charge in [0.05, 0.1) is 13.3 Å². The molecular formula is C20H24N2O4. The van der Waals surface area contributed by atoms with Gasteiger partial charge in [0.25, 0.3) is 5.91 Å². The predicted molar refractivity (Wildman–Crippen MR) is 101 cm³/mol. The number of para-hydroxylation sites is 1. The van der Waals surface area contributed by atoms with Crippen LogP contribution in [-0.4, -0.2) is 30.9 Å². The first-order valence-corrected chi connectivity index (χ1v) is 8.33. The molecule has 2 rings (SSSR count). The van der Waals surface area contributed by atoms with Crippen molar-refractivity contribution in [1.29, 1.82) is 0 Å². The number of methoxy groups -OCH3 is 1. The fourth-order valence-corrected chi connectivity index (χ4v) is 2.40. The molecule has 0 aliphatic carbocycles. The van der Waals surface area contributed by atoms with E-state index in [1.165, 1.54) is 13.3 Å². The van der Waals surface area contributed by atoms with E-state index in [9.17, 15) is 9.90 Å². The van der Waals surface area contributed by atoms with E-state index in [-0.39, 0.29) is 18.3 Å². The van der Waals surface area contributed by atoms with Gasteiger partial charge in [-0.15, -0.1) is 0 Å². The number of carbonyl (C=O) groups excluding carboxylic acids is 1. The normalized spacial score (nSPS) is 11.0. The Kier molecular flexibility index (Phi) is 6.60. The molecule has 138 valence electrons. The number of aryl methyl sites for hydroxylation is 1. The topological polar surface area (TPSA) is 80.2 Å². The second-order valence-corrected chi connectivity index (χ2v) is 6.18. The lowest BCUT2D eigenvalue weighted by Crippen LogP contribution is -2.25. The summed E-state index contributed by atoms with van der Waals surface area (Å²) in [6, 6.07) is 11.0. The quantitative estimate of drug-likeness (QED) is 0.589. The zero-order valence-corrected chi connectivity index (χ0v) is 15.4. The van der Waals surface area contributed by atoms with Gasteiger partial charge in [0, 0.05) is 5.56 Å². The number of hydrogen-bond acceptors (Lipinski definition) is 5. The maximum atomic E-state index is 11.9. The van der Waals surface area contributed by atoms with Crippen LogP contribution in [0.2, 0.25) is 0 Å². The van der Waals surface area contributed by atoms with Crippen LogP contribution in [0.3, 0.4) is 0 Å². The first-order chi connectivity index (χ1) is 12.4. The summed E-state index contributed by atoms with van der Waals surface area (Å²) < 4.78 is 10.7. The van der Waals surface area contributed by atoms with E-state index < -0.39 is 0 Å². The average molecular weight is 356 g/mol. The SMILES string of the molecule is COc1cccc(/C=N\NC(=O)COc2cc(C)ccc2C(C)C)c1O. The van der Waals surface area contributed by atoms with Gasteiger partial charge in [0.15, 0.2) is 18.1 Å². The van der Waals surface area contributed by atoms with Gasteiger partial charge >= 0.3 is 0 Å². The Morgan fingerprint density at radius 2 is 2.04 bits per heavy atom. The molecule has 2 aromatic rings. The van der Waals surface area contributed by atoms with E-state index in [0.717, 1.165) is 11.1 Å². The molecule has 0 fully saturated rings. The van der Waals surface area contributed by atoms with Gasteiger partial charge in [0.1, 0.15) is 5.75 Å². The molecule has 2 N–H and O–H groups in total. The summed E-state index contributed by atoms with van der Waals surface area (Å²) >= 11 is 0. The van der Waals surface area contributed by atoms with Crippen molar-refractivity contribution in [3.8, 4) is 17.2 Å². The molecule has 0 heterocycles. The molecular weight excluding hydrogens is 332 g/mol. The molecule has 0 bridgehead atoms. The minimum atomic E-state index is -0.389. The van der Waals surface area contributed by atoms with Crippen LogP contribution >= 0.6 is 0 Å². The van der Waals surface area contributed by atoms with Gasteiger partial charge in [-0.25, -0.2) is 5.43 Å². The van der Waals surface area contributed by atoms with Gasteiger partial charge in [-0.05, 0) is 42.2 Å². The van der Waals surface area contributed by atoms with Crippen molar-refractivity contribution in [2.75, 3.05) is 13.7 Å². The number of benzene rings is 2. The van der Waals surface area contributed by atoms with E-state index >= 15 is 0 Å². The third kappa shape index (κ3) is 4.99. The molecule has 0 atom stereocenters. The zero-order valence-electron chi connectivity index (χ0n) is 15.4. The third-order valence-electron chi connectivity index (χ3n) is 3.79. The first kappa shape index (κ1) is 19.3. The highest BCUT2D eigenvalue weighted by atomic mass is 16.5. The van der Waals surface area contributed by atoms with Gasteiger partial charge in [-0.2, -0.15) is 5.10 Å². The van der Waals surface area contributed by atoms with Crippen molar-refractivity contribution in [3.05, 3.63) is 53.1 Å². The Bertz CT molecular complexity index is 800. The molecule has 6 nitrogen and oxygen atoms in total. The summed E-state index contributed by atoms with van der Waals surface area (Å²) in [7, 11) is 1.46. The van der Waals surface area contributed by atoms with Crippen LogP contribution < -0.4 is 14.9 Å². The Morgan fingerprint density at radius 3 is 2.73 bits per heavy atom. The lowest BCUT2D eigenvalue weighted by Gasteiger charge is -2.14. The first-order valence-electron chi connectivity index (χ1n) is 8.33. The number of carbonyl (C=O) groups is 1. The summed E-state index contributed by atoms with van der Waals surface area (Å²) in [5.41, 5.74) is 4.93. The Balaban J connectivity index is 1.95. The van der Waals surface area contributed by atoms with Crippen LogP contribution in [0.1, 0.15) is 36.5 Å². The van der Waals surface area contributed by atoms with Gasteiger partial charge < -0.3 is 14.6 Å². The number of aromatic hydroxyl groups is 1. The molecule has 0 aliphatic rings. The van der Waals surface area contributed by atoms with Crippen molar-refractivity contribution in [1.82, 2.24) is 5.43 Å². The number of phenolic OH excluding ortho intramolecular Hbond substituents is 1. The van der Waals surface area contributed by atoms with Crippen LogP contribution in [0.5, 0.6) is 17.2 Å². The van der Waals surface area contributed by atoms with Gasteiger partial charge in [0.2, 0.25) is 0 Å². The molecule has 0 radical (unpaired) electrons. The molecule has 0 saturated heterocycles. The van der Waals surface area contributed by atoms with E-state index in [1.807, 2.05) is 25.1 Å². The van der Waals surface area contributed by atoms with Crippen LogP contribution in [0.4, 0.5) is 0 Å². The number of hydrogen-bond donors (Lipinski definition) is 2. The second-order valence-electron chi connectivity index (χ2n) is 6.18. The van der Waals surface area contributed by atoms with E-state index in [4.69, 9.17) is 9.47 Å². The Hall–Kier alpha value is -3.02. The maximum Gasteiger partial charge on any atom is 0.277 e. The minimum absolute atomic E-state index is 0.0365. The number of phenols is 1. The monoisotopic (exact) mass is 356 g/mol. The number of nitrogens with one attached hydrogen (secondary N) is 1. The molecule has 0 saturated carbocycles. The number of hydrazone groups is 1. The van der Waals surface area contributed by atoms with E-state index in [0.29, 0.717) is 23.0 Å². The van der Waals surface area contributed by atoms with Crippen LogP contribution in [0.15, 0.2) is 41.5 Å². The predicted octanol–water partition coefficient (Wildman–Crippen LogP) is 3.36. The summed E-state index contributed by atoms with van der Waals surface area (Å²) in [5.74, 6) is 0.905. The number of nitrogens with zero attached hydrogens (tertiary/aromatic N) is 1. The fourth-order valence-electron chi connectivity index (χ4n) is 2.40. The highest BCUT2D eigenvalue weighted by Crippen LogP contribution is 2.28. The molecule has 6 heteroatoms. The number of amides is 1. The van der Waals surface area contributed by atoms with Crippen molar-refractivity contribution >= 4 is 12.1 Å². The molecule has 0 aliphatic heterocycles. The maximum absolute atomic E-state index is 11.9. The Labute approximate surface area is 153 Å². The van der Waals surface area contributed by atoms with E-state index in [1.54, 1.807) is 18.2 Å². The van der Waals surface area contributed by atoms with Gasteiger partial charge in [-0.3, -0.25) is 4.79 Å². The largest absolute Gasteiger partial charge is 0.504 e. The zero-order chi connectivity index (χ0) is 19.1. The Morgan fingerprint density at radius 1 is 1.27 bits per heavy atom. The minimum Gasteiger partial charge on any atom is -0.504 e. The number of rotatable bonds is 7. The van der Waals surface area contributed by atoms with Gasteiger partial charge in [-0.1, -0.05) is 32.0 Å². The highest BCUT2D eigenvalue weighted by molar-refractivity contribution is 5.86. The molecule has 0 unspecified atom stereocenters. The van der Waals surface area contributed by atoms with Crippen LogP contribution in [0.25, 0.3) is 0 Å². The van der Waals surface area contributed by atoms with Crippen molar-refractivity contribution < 1.29 is 19.4 Å². The van der Waals surface area contributed by atoms with E-state index in [2.05, 4.69) is 24.4 Å². The smallest absolute Gasteiger partial charge is 0.277 e. The van der Waals surface area contributed by atoms with Crippen molar-refractivity contribution in [2.24, 2.45) is 5.10 Å². The summed E-state index contributed by atoms with van der Waals surface area (Å²) in [6.07, 6.45) is 1.35. The second kappa shape index (κ2) is 8.89. The fraction of sp³-hybridized carbons (Fsp3) is 0.300. The molecule has 2 aromatic carbocycles. The summed E-state index contributed by atoms with van der Waals surface area (Å²) in [5, 5.41) is 13.8. The molecule has 26 heavy (non-hydrogen) atoms. The lowest BCUT2D eigenvalue weighted by atomic mass is 10.0. The van der Waals surface area contributed by atoms with Crippen LogP contribution in [-0.2, 0) is 4.79 Å². The molecule has 1 amide bonds. The molecule has 0 spiro atoms. The van der Waals surface area contributed by atoms with Crippen LogP contribution in [0, 0.1) is 6.92 Å². The lowest BCUT2D eigenvalue weighted by molar-refractivity contribution is -0.123. The van der Waals surface area contributed by atoms with Crippen molar-refractivity contribution in [3.63, 3.8) is 0 Å². The van der Waals surface area contributed by atoms with Crippen molar-refractivity contribution in [2.45, 2.75) is 26.7 Å². The average Bonchev–Trinajstić information content (AvgIpc) is 2.61. The molecule has 0 aromatic heterocycles. The third-order valence-corrected chi connectivity index (χ3v) is 3.79. The summed E-state index contributed by atoms with van der Waals surface area (Å²) in [4.78, 5) is 11.9. The standard InChI is InChI=1S/C20H24N2O4/c1-13(2)16-9-8-14(3)10-18(16)26-12-19(23)22-21-11-15-6-5-7-17(25-4)20(15)24/h5-11,13,24H,12H2,1-4H3,(H,22,23)/b21-11-. The highest BCUT2D eigenvalue weighted by Gasteiger charge is 2.10. The summed E-state index contributed by atoms with van der Waals surface area (Å²) in [6.45, 7) is 5.97.